The van der Waals surface area contributed by atoms with E-state index in [9.17, 15) is 65.1 Å². The fourth-order valence-corrected chi connectivity index (χ4v) is 5.49. The Hall–Kier alpha value is -7.10. The first kappa shape index (κ1) is 36.2. The highest BCUT2D eigenvalue weighted by molar-refractivity contribution is 5.92. The standard InChI is InChI=1S/C36H30O16/c37-20-6-1-16(11-24(20)41)13-27(34(45)46)50-29(44)10-5-18-3-9-23(40)33-30(18)31(32(52-33)19-4-8-22(39)26(43)15-19)36(49)51-28(35(47)48)14-17-2-7-21(38)25(42)12-17/h1-12,15,27-28,31-32,37-43H,13-14H2,(H,45,46)(H,47,48)/b10-5-/t27-,28-,31-,32-/m0/s1. The van der Waals surface area contributed by atoms with E-state index in [1.54, 1.807) is 0 Å². The van der Waals surface area contributed by atoms with Gasteiger partial charge in [-0.15, -0.1) is 0 Å². The van der Waals surface area contributed by atoms with Gasteiger partial charge >= 0.3 is 23.9 Å². The smallest absolute Gasteiger partial charge is 0.345 e. The molecule has 9 N–H and O–H groups in total. The van der Waals surface area contributed by atoms with Gasteiger partial charge in [-0.25, -0.2) is 14.4 Å². The minimum Gasteiger partial charge on any atom is -0.504 e. The summed E-state index contributed by atoms with van der Waals surface area (Å²) in [5.41, 5.74) is 0.445. The second-order valence-electron chi connectivity index (χ2n) is 11.6. The first-order chi connectivity index (χ1) is 24.6. The third kappa shape index (κ3) is 7.86. The number of phenolic OH excluding ortho intramolecular Hbond substituents is 7. The first-order valence-electron chi connectivity index (χ1n) is 15.2. The number of benzene rings is 4. The average molecular weight is 719 g/mol. The molecular weight excluding hydrogens is 688 g/mol. The molecule has 1 heterocycles. The molecule has 0 amide bonds. The molecule has 4 atom stereocenters. The molecule has 1 aliphatic rings. The van der Waals surface area contributed by atoms with Crippen molar-refractivity contribution in [3.8, 4) is 46.0 Å². The van der Waals surface area contributed by atoms with Gasteiger partial charge < -0.3 is 60.2 Å². The summed E-state index contributed by atoms with van der Waals surface area (Å²) in [6, 6.07) is 13.0. The van der Waals surface area contributed by atoms with Gasteiger partial charge in [-0.1, -0.05) is 24.3 Å². The van der Waals surface area contributed by atoms with E-state index in [-0.39, 0.29) is 40.0 Å². The predicted molar refractivity (Wildman–Crippen MR) is 175 cm³/mol. The maximum atomic E-state index is 13.9. The summed E-state index contributed by atoms with van der Waals surface area (Å²) >= 11 is 0. The number of rotatable bonds is 12. The number of fused-ring (bicyclic) bond motifs is 1. The van der Waals surface area contributed by atoms with Crippen molar-refractivity contribution in [1.82, 2.24) is 0 Å². The third-order valence-electron chi connectivity index (χ3n) is 8.04. The van der Waals surface area contributed by atoms with Crippen molar-refractivity contribution in [2.24, 2.45) is 0 Å². The van der Waals surface area contributed by atoms with Crippen LogP contribution in [0, 0.1) is 0 Å². The van der Waals surface area contributed by atoms with Crippen molar-refractivity contribution in [3.05, 3.63) is 101 Å². The number of hydrogen-bond donors (Lipinski definition) is 9. The maximum absolute atomic E-state index is 13.9. The molecule has 16 nitrogen and oxygen atoms in total. The molecule has 0 saturated heterocycles. The summed E-state index contributed by atoms with van der Waals surface area (Å²) in [4.78, 5) is 50.9. The van der Waals surface area contributed by atoms with Crippen LogP contribution in [0.5, 0.6) is 46.0 Å². The van der Waals surface area contributed by atoms with Crippen LogP contribution in [0.4, 0.5) is 0 Å². The zero-order chi connectivity index (χ0) is 37.9. The highest BCUT2D eigenvalue weighted by Gasteiger charge is 2.46. The molecule has 1 aliphatic heterocycles. The molecule has 0 aromatic heterocycles. The summed E-state index contributed by atoms with van der Waals surface area (Å²) in [6.45, 7) is 0. The number of carbonyl (C=O) groups is 4. The second-order valence-corrected chi connectivity index (χ2v) is 11.6. The van der Waals surface area contributed by atoms with Crippen molar-refractivity contribution in [3.63, 3.8) is 0 Å². The molecular formula is C36H30O16. The first-order valence-corrected chi connectivity index (χ1v) is 15.2. The Kier molecular flexibility index (Phi) is 10.3. The van der Waals surface area contributed by atoms with Gasteiger partial charge in [-0.05, 0) is 70.8 Å². The molecule has 5 rings (SSSR count). The van der Waals surface area contributed by atoms with E-state index in [1.807, 2.05) is 0 Å². The van der Waals surface area contributed by atoms with E-state index in [2.05, 4.69) is 0 Å². The zero-order valence-electron chi connectivity index (χ0n) is 26.6. The van der Waals surface area contributed by atoms with Gasteiger partial charge in [0, 0.05) is 24.5 Å². The minimum atomic E-state index is -1.84. The molecule has 0 fully saturated rings. The number of aliphatic carboxylic acids is 2. The van der Waals surface area contributed by atoms with E-state index < -0.39 is 94.8 Å². The normalized spacial score (nSPS) is 16.0. The number of phenols is 7. The molecule has 0 unspecified atom stereocenters. The fourth-order valence-electron chi connectivity index (χ4n) is 5.49. The van der Waals surface area contributed by atoms with Crippen LogP contribution < -0.4 is 4.74 Å². The lowest BCUT2D eigenvalue weighted by Crippen LogP contribution is -2.33. The summed E-state index contributed by atoms with van der Waals surface area (Å²) < 4.78 is 16.5. The van der Waals surface area contributed by atoms with Gasteiger partial charge in [0.25, 0.3) is 0 Å². The summed E-state index contributed by atoms with van der Waals surface area (Å²) in [5, 5.41) is 89.1. The molecule has 0 radical (unpaired) electrons. The lowest BCUT2D eigenvalue weighted by molar-refractivity contribution is -0.166. The van der Waals surface area contributed by atoms with E-state index in [0.717, 1.165) is 54.6 Å². The molecule has 4 aromatic rings. The van der Waals surface area contributed by atoms with Crippen molar-refractivity contribution >= 4 is 30.0 Å². The Morgan fingerprint density at radius 2 is 1.13 bits per heavy atom. The Morgan fingerprint density at radius 1 is 0.635 bits per heavy atom. The van der Waals surface area contributed by atoms with Crippen LogP contribution in [-0.2, 0) is 41.5 Å². The number of aromatic hydroxyl groups is 7. The molecule has 16 heteroatoms. The van der Waals surface area contributed by atoms with Crippen LogP contribution in [0.3, 0.4) is 0 Å². The van der Waals surface area contributed by atoms with Crippen LogP contribution in [0.2, 0.25) is 0 Å². The van der Waals surface area contributed by atoms with Crippen molar-refractivity contribution in [1.29, 1.82) is 0 Å². The Balaban J connectivity index is 1.47. The maximum Gasteiger partial charge on any atom is 0.345 e. The van der Waals surface area contributed by atoms with Gasteiger partial charge in [0.05, 0.1) is 0 Å². The fraction of sp³-hybridized carbons (Fsp3) is 0.167. The van der Waals surface area contributed by atoms with Gasteiger partial charge in [-0.2, -0.15) is 0 Å². The van der Waals surface area contributed by atoms with Crippen LogP contribution in [0.1, 0.15) is 39.8 Å². The molecule has 0 bridgehead atoms. The number of hydrogen-bond acceptors (Lipinski definition) is 14. The number of carboxylic acid groups (broad SMARTS) is 2. The van der Waals surface area contributed by atoms with E-state index in [4.69, 9.17) is 14.2 Å². The Labute approximate surface area is 292 Å². The quantitative estimate of drug-likeness (QED) is 0.0577. The van der Waals surface area contributed by atoms with Crippen molar-refractivity contribution in [2.75, 3.05) is 0 Å². The van der Waals surface area contributed by atoms with Crippen molar-refractivity contribution < 1.29 is 79.3 Å². The summed E-state index contributed by atoms with van der Waals surface area (Å²) in [5.74, 6) is -10.8. The van der Waals surface area contributed by atoms with E-state index >= 15 is 0 Å². The van der Waals surface area contributed by atoms with Gasteiger partial charge in [0.1, 0.15) is 12.0 Å². The Bertz CT molecular complexity index is 2090. The predicted octanol–water partition coefficient (Wildman–Crippen LogP) is 3.33. The van der Waals surface area contributed by atoms with Crippen LogP contribution in [0.15, 0.2) is 72.8 Å². The highest BCUT2D eigenvalue weighted by atomic mass is 16.6. The largest absolute Gasteiger partial charge is 0.504 e. The van der Waals surface area contributed by atoms with Crippen molar-refractivity contribution in [2.45, 2.75) is 37.1 Å². The van der Waals surface area contributed by atoms with E-state index in [0.29, 0.717) is 0 Å². The molecule has 0 saturated carbocycles. The molecule has 4 aromatic carbocycles. The summed E-state index contributed by atoms with van der Waals surface area (Å²) in [6.07, 6.45) is -3.85. The topological polar surface area (TPSA) is 278 Å². The number of ether oxygens (including phenoxy) is 3. The monoisotopic (exact) mass is 718 g/mol. The molecule has 0 aliphatic carbocycles. The lowest BCUT2D eigenvalue weighted by Gasteiger charge is -2.22. The van der Waals surface area contributed by atoms with Crippen LogP contribution in [0.25, 0.3) is 6.08 Å². The third-order valence-corrected chi connectivity index (χ3v) is 8.04. The lowest BCUT2D eigenvalue weighted by atomic mass is 9.87. The van der Waals surface area contributed by atoms with Crippen LogP contribution in [-0.4, -0.2) is 82.0 Å². The highest BCUT2D eigenvalue weighted by Crippen LogP contribution is 2.53. The van der Waals surface area contributed by atoms with Gasteiger partial charge in [0.2, 0.25) is 12.2 Å². The number of carbonyl (C=O) groups excluding carboxylic acids is 2. The summed E-state index contributed by atoms with van der Waals surface area (Å²) in [7, 11) is 0. The Morgan fingerprint density at radius 3 is 1.65 bits per heavy atom. The zero-order valence-corrected chi connectivity index (χ0v) is 26.6. The number of esters is 2. The molecule has 270 valence electrons. The second kappa shape index (κ2) is 14.8. The van der Waals surface area contributed by atoms with Gasteiger partial charge in [0.15, 0.2) is 46.0 Å². The average Bonchev–Trinajstić information content (AvgIpc) is 3.50. The SMILES string of the molecule is O=C(/C=C\c1ccc(O)c2c1[C@H](C(=O)O[C@@H](Cc1ccc(O)c(O)c1)C(=O)O)[C@H](c1ccc(O)c(O)c1)O2)O[C@@H](Cc1ccc(O)c(O)c1)C(=O)O. The molecule has 0 spiro atoms. The van der Waals surface area contributed by atoms with E-state index in [1.165, 1.54) is 24.3 Å². The van der Waals surface area contributed by atoms with Gasteiger partial charge in [-0.3, -0.25) is 4.79 Å². The van der Waals surface area contributed by atoms with Crippen LogP contribution >= 0.6 is 0 Å². The minimum absolute atomic E-state index is 0.0443. The molecule has 52 heavy (non-hydrogen) atoms. The number of carboxylic acids is 2.